The number of carboxylic acids is 1. The van der Waals surface area contributed by atoms with E-state index in [0.29, 0.717) is 23.5 Å². The summed E-state index contributed by atoms with van der Waals surface area (Å²) in [5, 5.41) is 9.30. The van der Waals surface area contributed by atoms with Gasteiger partial charge in [0, 0.05) is 19.1 Å². The van der Waals surface area contributed by atoms with Gasteiger partial charge in [0.05, 0.1) is 18.2 Å². The SMILES string of the molecule is O=C(O)C1CCCn2c(C3CCOC3)nc(Br)c21. The molecule has 98 valence electrons. The van der Waals surface area contributed by atoms with Crippen LogP contribution in [0.1, 0.15) is 42.6 Å². The molecule has 18 heavy (non-hydrogen) atoms. The summed E-state index contributed by atoms with van der Waals surface area (Å²) in [6.45, 7) is 2.33. The summed E-state index contributed by atoms with van der Waals surface area (Å²) in [6, 6.07) is 0. The van der Waals surface area contributed by atoms with Crippen LogP contribution in [0, 0.1) is 0 Å². The van der Waals surface area contributed by atoms with E-state index in [1.807, 2.05) is 0 Å². The molecule has 1 N–H and O–H groups in total. The van der Waals surface area contributed by atoms with Crippen LogP contribution in [0.3, 0.4) is 0 Å². The Morgan fingerprint density at radius 3 is 3.00 bits per heavy atom. The normalized spacial score (nSPS) is 27.2. The summed E-state index contributed by atoms with van der Waals surface area (Å²) in [5.74, 6) is 0.102. The maximum absolute atomic E-state index is 11.3. The van der Waals surface area contributed by atoms with E-state index in [4.69, 9.17) is 4.74 Å². The van der Waals surface area contributed by atoms with Gasteiger partial charge in [-0.3, -0.25) is 4.79 Å². The van der Waals surface area contributed by atoms with Crippen LogP contribution in [0.4, 0.5) is 0 Å². The molecule has 3 rings (SSSR count). The van der Waals surface area contributed by atoms with Crippen LogP contribution in [0.25, 0.3) is 0 Å². The average Bonchev–Trinajstić information content (AvgIpc) is 2.97. The molecular weight excluding hydrogens is 300 g/mol. The lowest BCUT2D eigenvalue weighted by Gasteiger charge is -2.23. The van der Waals surface area contributed by atoms with Crippen molar-refractivity contribution in [2.75, 3.05) is 13.2 Å². The second kappa shape index (κ2) is 4.66. The van der Waals surface area contributed by atoms with Crippen molar-refractivity contribution in [2.45, 2.75) is 37.6 Å². The van der Waals surface area contributed by atoms with Crippen molar-refractivity contribution in [3.8, 4) is 0 Å². The first kappa shape index (κ1) is 12.2. The number of carbonyl (C=O) groups is 1. The van der Waals surface area contributed by atoms with Gasteiger partial charge >= 0.3 is 5.97 Å². The Hall–Kier alpha value is -0.880. The topological polar surface area (TPSA) is 64.3 Å². The molecule has 5 nitrogen and oxygen atoms in total. The van der Waals surface area contributed by atoms with Gasteiger partial charge in [0.15, 0.2) is 0 Å². The molecule has 2 unspecified atom stereocenters. The third kappa shape index (κ3) is 1.87. The van der Waals surface area contributed by atoms with Crippen molar-refractivity contribution >= 4 is 21.9 Å². The third-order valence-corrected chi connectivity index (χ3v) is 4.37. The highest BCUT2D eigenvalue weighted by molar-refractivity contribution is 9.10. The van der Waals surface area contributed by atoms with Gasteiger partial charge in [-0.25, -0.2) is 4.98 Å². The van der Waals surface area contributed by atoms with Crippen LogP contribution in [0.5, 0.6) is 0 Å². The van der Waals surface area contributed by atoms with E-state index in [2.05, 4.69) is 25.5 Å². The van der Waals surface area contributed by atoms with Crippen LogP contribution in [-0.4, -0.2) is 33.8 Å². The largest absolute Gasteiger partial charge is 0.481 e. The Morgan fingerprint density at radius 2 is 2.33 bits per heavy atom. The van der Waals surface area contributed by atoms with Crippen molar-refractivity contribution < 1.29 is 14.6 Å². The maximum atomic E-state index is 11.3. The minimum atomic E-state index is -0.759. The molecule has 1 saturated heterocycles. The lowest BCUT2D eigenvalue weighted by atomic mass is 9.96. The number of ether oxygens (including phenoxy) is 1. The number of halogens is 1. The van der Waals surface area contributed by atoms with E-state index in [9.17, 15) is 9.90 Å². The molecule has 1 aromatic heterocycles. The molecule has 2 aliphatic rings. The fraction of sp³-hybridized carbons (Fsp3) is 0.667. The van der Waals surface area contributed by atoms with Gasteiger partial charge in [-0.15, -0.1) is 0 Å². The zero-order valence-electron chi connectivity index (χ0n) is 9.93. The molecule has 0 spiro atoms. The minimum absolute atomic E-state index is 0.308. The number of fused-ring (bicyclic) bond motifs is 1. The van der Waals surface area contributed by atoms with Gasteiger partial charge in [-0.2, -0.15) is 0 Å². The third-order valence-electron chi connectivity index (χ3n) is 3.79. The van der Waals surface area contributed by atoms with Crippen molar-refractivity contribution in [3.05, 3.63) is 16.1 Å². The molecule has 0 bridgehead atoms. The van der Waals surface area contributed by atoms with Crippen molar-refractivity contribution in [3.63, 3.8) is 0 Å². The number of aromatic nitrogens is 2. The fourth-order valence-electron chi connectivity index (χ4n) is 2.90. The highest BCUT2D eigenvalue weighted by Gasteiger charge is 2.34. The minimum Gasteiger partial charge on any atom is -0.481 e. The van der Waals surface area contributed by atoms with Crippen molar-refractivity contribution in [2.24, 2.45) is 0 Å². The van der Waals surface area contributed by atoms with Crippen molar-refractivity contribution in [1.82, 2.24) is 9.55 Å². The van der Waals surface area contributed by atoms with Gasteiger partial charge in [0.25, 0.3) is 0 Å². The first-order valence-electron chi connectivity index (χ1n) is 6.25. The lowest BCUT2D eigenvalue weighted by molar-refractivity contribution is -0.139. The standard InChI is InChI=1S/C12H15BrN2O3/c13-10-9-8(12(16)17)2-1-4-15(9)11(14-10)7-3-5-18-6-7/h7-8H,1-6H2,(H,16,17). The number of rotatable bonds is 2. The number of hydrogen-bond donors (Lipinski definition) is 1. The zero-order valence-corrected chi connectivity index (χ0v) is 11.5. The smallest absolute Gasteiger partial charge is 0.312 e. The molecular formula is C12H15BrN2O3. The van der Waals surface area contributed by atoms with Gasteiger partial charge in [-0.1, -0.05) is 0 Å². The summed E-state index contributed by atoms with van der Waals surface area (Å²) >= 11 is 3.42. The van der Waals surface area contributed by atoms with Gasteiger partial charge in [-0.05, 0) is 35.2 Å². The Labute approximate surface area is 113 Å². The van der Waals surface area contributed by atoms with E-state index in [0.717, 1.165) is 37.5 Å². The van der Waals surface area contributed by atoms with E-state index in [-0.39, 0.29) is 0 Å². The van der Waals surface area contributed by atoms with Crippen LogP contribution in [-0.2, 0) is 16.1 Å². The monoisotopic (exact) mass is 314 g/mol. The predicted molar refractivity (Wildman–Crippen MR) is 67.7 cm³/mol. The molecule has 0 saturated carbocycles. The summed E-state index contributed by atoms with van der Waals surface area (Å²) in [7, 11) is 0. The Kier molecular flexibility index (Phi) is 3.15. The molecule has 1 fully saturated rings. The molecule has 0 aromatic carbocycles. The lowest BCUT2D eigenvalue weighted by Crippen LogP contribution is -2.23. The van der Waals surface area contributed by atoms with Gasteiger partial charge in [0.2, 0.25) is 0 Å². The quantitative estimate of drug-likeness (QED) is 0.908. The zero-order chi connectivity index (χ0) is 12.7. The van der Waals surface area contributed by atoms with Gasteiger partial charge < -0.3 is 14.4 Å². The predicted octanol–water partition coefficient (Wildman–Crippen LogP) is 2.11. The molecule has 0 amide bonds. The molecule has 2 atom stereocenters. The Bertz CT molecular complexity index is 480. The molecule has 0 radical (unpaired) electrons. The highest BCUT2D eigenvalue weighted by Crippen LogP contribution is 2.37. The number of carboxylic acid groups (broad SMARTS) is 1. The second-order valence-corrected chi connectivity index (χ2v) is 5.64. The summed E-state index contributed by atoms with van der Waals surface area (Å²) in [4.78, 5) is 15.9. The highest BCUT2D eigenvalue weighted by atomic mass is 79.9. The van der Waals surface area contributed by atoms with Crippen LogP contribution in [0.2, 0.25) is 0 Å². The molecule has 3 heterocycles. The molecule has 0 aliphatic carbocycles. The van der Waals surface area contributed by atoms with E-state index in [1.165, 1.54) is 0 Å². The Morgan fingerprint density at radius 1 is 1.50 bits per heavy atom. The number of hydrogen-bond acceptors (Lipinski definition) is 3. The average molecular weight is 315 g/mol. The van der Waals surface area contributed by atoms with E-state index in [1.54, 1.807) is 0 Å². The maximum Gasteiger partial charge on any atom is 0.312 e. The summed E-state index contributed by atoms with van der Waals surface area (Å²) in [5.41, 5.74) is 0.829. The first-order valence-corrected chi connectivity index (χ1v) is 7.04. The molecule has 1 aromatic rings. The molecule has 2 aliphatic heterocycles. The van der Waals surface area contributed by atoms with E-state index >= 15 is 0 Å². The number of imidazole rings is 1. The van der Waals surface area contributed by atoms with Crippen molar-refractivity contribution in [1.29, 1.82) is 0 Å². The van der Waals surface area contributed by atoms with Gasteiger partial charge in [0.1, 0.15) is 10.4 Å². The van der Waals surface area contributed by atoms with Crippen LogP contribution in [0.15, 0.2) is 4.60 Å². The summed E-state index contributed by atoms with van der Waals surface area (Å²) in [6.07, 6.45) is 2.56. The Balaban J connectivity index is 2.03. The first-order chi connectivity index (χ1) is 8.68. The van der Waals surface area contributed by atoms with Crippen LogP contribution >= 0.6 is 15.9 Å². The molecule has 6 heteroatoms. The van der Waals surface area contributed by atoms with E-state index < -0.39 is 11.9 Å². The van der Waals surface area contributed by atoms with Crippen LogP contribution < -0.4 is 0 Å². The number of aliphatic carboxylic acids is 1. The second-order valence-electron chi connectivity index (χ2n) is 4.89. The summed E-state index contributed by atoms with van der Waals surface area (Å²) < 4.78 is 8.18. The number of nitrogens with zero attached hydrogens (tertiary/aromatic N) is 2. The fourth-order valence-corrected chi connectivity index (χ4v) is 3.57.